The Morgan fingerprint density at radius 2 is 0.697 bits per heavy atom. The summed E-state index contributed by atoms with van der Waals surface area (Å²) in [6.07, 6.45) is -3.49. The standard InChI is InChI=1S/C10H22O6.C7H16O4.C4H10O2/c11-4-1-7(14)10(8(15)2-5-12)9(16)3-6-13;8-3-1-6(10)5-7(11)2-4-9;1-4(6)2-3-5/h7-16H,1-6H2;6-11H,1-5H2;4-6H,2-3H2,1H3. The van der Waals surface area contributed by atoms with Gasteiger partial charge in [-0.3, -0.25) is 0 Å². The van der Waals surface area contributed by atoms with E-state index in [-0.39, 0.29) is 84.3 Å². The van der Waals surface area contributed by atoms with Crippen LogP contribution in [0.4, 0.5) is 0 Å². The Morgan fingerprint density at radius 1 is 0.424 bits per heavy atom. The summed E-state index contributed by atoms with van der Waals surface area (Å²) < 4.78 is 0. The average molecular weight is 493 g/mol. The summed E-state index contributed by atoms with van der Waals surface area (Å²) in [5.41, 5.74) is 0. The minimum absolute atomic E-state index is 0.0373. The van der Waals surface area contributed by atoms with Crippen molar-refractivity contribution in [2.75, 3.05) is 39.6 Å². The molecule has 0 aromatic heterocycles. The van der Waals surface area contributed by atoms with Gasteiger partial charge in [-0.1, -0.05) is 0 Å². The molecule has 0 aromatic carbocycles. The second-order valence-electron chi connectivity index (χ2n) is 7.75. The summed E-state index contributed by atoms with van der Waals surface area (Å²) >= 11 is 0. The predicted molar refractivity (Wildman–Crippen MR) is 120 cm³/mol. The normalized spacial score (nSPS) is 17.4. The largest absolute Gasteiger partial charge is 0.396 e. The van der Waals surface area contributed by atoms with Crippen LogP contribution >= 0.6 is 0 Å². The molecule has 0 heterocycles. The van der Waals surface area contributed by atoms with Crippen molar-refractivity contribution < 1.29 is 61.3 Å². The van der Waals surface area contributed by atoms with Crippen molar-refractivity contribution in [1.82, 2.24) is 0 Å². The summed E-state index contributed by atoms with van der Waals surface area (Å²) in [7, 11) is 0. The lowest BCUT2D eigenvalue weighted by molar-refractivity contribution is -0.0743. The van der Waals surface area contributed by atoms with E-state index in [9.17, 15) is 15.3 Å². The molecule has 0 saturated heterocycles. The third-order valence-corrected chi connectivity index (χ3v) is 4.62. The van der Waals surface area contributed by atoms with Crippen LogP contribution in [0.15, 0.2) is 0 Å². The first-order valence-corrected chi connectivity index (χ1v) is 11.3. The van der Waals surface area contributed by atoms with Crippen molar-refractivity contribution in [2.45, 2.75) is 88.5 Å². The van der Waals surface area contributed by atoms with Crippen molar-refractivity contribution in [3.8, 4) is 0 Å². The minimum Gasteiger partial charge on any atom is -0.396 e. The van der Waals surface area contributed by atoms with E-state index >= 15 is 0 Å². The van der Waals surface area contributed by atoms with Crippen LogP contribution in [-0.2, 0) is 0 Å². The molecule has 0 bridgehead atoms. The van der Waals surface area contributed by atoms with Gasteiger partial charge in [0.1, 0.15) is 0 Å². The van der Waals surface area contributed by atoms with Crippen molar-refractivity contribution >= 4 is 0 Å². The van der Waals surface area contributed by atoms with Crippen LogP contribution in [0.5, 0.6) is 0 Å². The molecule has 6 atom stereocenters. The zero-order chi connectivity index (χ0) is 26.2. The van der Waals surface area contributed by atoms with Crippen LogP contribution in [-0.4, -0.2) is 138 Å². The van der Waals surface area contributed by atoms with Crippen LogP contribution in [0, 0.1) is 5.92 Å². The molecule has 0 rings (SSSR count). The molecule has 0 aromatic rings. The van der Waals surface area contributed by atoms with Crippen molar-refractivity contribution in [3.63, 3.8) is 0 Å². The van der Waals surface area contributed by atoms with Gasteiger partial charge in [0.05, 0.1) is 36.6 Å². The second-order valence-corrected chi connectivity index (χ2v) is 7.75. The van der Waals surface area contributed by atoms with E-state index in [2.05, 4.69) is 0 Å². The lowest BCUT2D eigenvalue weighted by atomic mass is 9.85. The van der Waals surface area contributed by atoms with Crippen molar-refractivity contribution in [1.29, 1.82) is 0 Å². The maximum Gasteiger partial charge on any atom is 0.0639 e. The number of rotatable bonds is 17. The predicted octanol–water partition coefficient (Wildman–Crippen LogP) is -3.55. The van der Waals surface area contributed by atoms with Crippen LogP contribution in [0.25, 0.3) is 0 Å². The second kappa shape index (κ2) is 26.1. The molecular formula is C21H48O12. The monoisotopic (exact) mass is 492 g/mol. The summed E-state index contributed by atoms with van der Waals surface area (Å²) in [5.74, 6) is -0.869. The Hall–Kier alpha value is -0.480. The molecule has 0 radical (unpaired) electrons. The first-order valence-electron chi connectivity index (χ1n) is 11.3. The molecule has 0 amide bonds. The zero-order valence-corrected chi connectivity index (χ0v) is 19.6. The molecule has 0 aliphatic carbocycles. The Bertz CT molecular complexity index is 337. The fourth-order valence-electron chi connectivity index (χ4n) is 2.78. The smallest absolute Gasteiger partial charge is 0.0639 e. The van der Waals surface area contributed by atoms with E-state index in [1.54, 1.807) is 6.92 Å². The number of aliphatic hydroxyl groups is 12. The molecule has 0 aliphatic heterocycles. The van der Waals surface area contributed by atoms with Gasteiger partial charge >= 0.3 is 0 Å². The lowest BCUT2D eigenvalue weighted by Crippen LogP contribution is -2.42. The van der Waals surface area contributed by atoms with Gasteiger partial charge in [0, 0.05) is 45.6 Å². The van der Waals surface area contributed by atoms with Gasteiger partial charge in [-0.25, -0.2) is 0 Å². The van der Waals surface area contributed by atoms with Gasteiger partial charge in [-0.2, -0.15) is 0 Å². The van der Waals surface area contributed by atoms with Crippen molar-refractivity contribution in [3.05, 3.63) is 0 Å². The molecule has 204 valence electrons. The molecule has 0 saturated carbocycles. The number of aliphatic hydroxyl groups excluding tert-OH is 12. The minimum atomic E-state index is -1.06. The number of hydrogen-bond donors (Lipinski definition) is 12. The molecule has 0 aliphatic rings. The fraction of sp³-hybridized carbons (Fsp3) is 1.00. The summed E-state index contributed by atoms with van der Waals surface area (Å²) in [5, 5.41) is 106. The quantitative estimate of drug-likeness (QED) is 0.0944. The van der Waals surface area contributed by atoms with Gasteiger partial charge in [0.2, 0.25) is 0 Å². The molecule has 12 N–H and O–H groups in total. The van der Waals surface area contributed by atoms with Gasteiger partial charge < -0.3 is 61.3 Å². The van der Waals surface area contributed by atoms with E-state index in [1.807, 2.05) is 0 Å². The first kappa shape index (κ1) is 37.1. The Labute approximate surface area is 196 Å². The van der Waals surface area contributed by atoms with Crippen LogP contribution in [0.2, 0.25) is 0 Å². The van der Waals surface area contributed by atoms with Crippen molar-refractivity contribution in [2.24, 2.45) is 5.92 Å². The summed E-state index contributed by atoms with van der Waals surface area (Å²) in [6, 6.07) is 0. The highest BCUT2D eigenvalue weighted by Gasteiger charge is 2.32. The van der Waals surface area contributed by atoms with Gasteiger partial charge in [0.15, 0.2) is 0 Å². The van der Waals surface area contributed by atoms with E-state index in [0.717, 1.165) is 0 Å². The molecule has 0 fully saturated rings. The summed E-state index contributed by atoms with van der Waals surface area (Å²) in [6.45, 7) is 0.813. The molecule has 6 unspecified atom stereocenters. The third-order valence-electron chi connectivity index (χ3n) is 4.62. The summed E-state index contributed by atoms with van der Waals surface area (Å²) in [4.78, 5) is 0. The molecule has 33 heavy (non-hydrogen) atoms. The van der Waals surface area contributed by atoms with E-state index in [0.29, 0.717) is 6.42 Å². The zero-order valence-electron chi connectivity index (χ0n) is 19.6. The maximum atomic E-state index is 9.66. The molecule has 0 spiro atoms. The fourth-order valence-corrected chi connectivity index (χ4v) is 2.78. The Kier molecular flexibility index (Phi) is 29.4. The molecular weight excluding hydrogens is 444 g/mol. The van der Waals surface area contributed by atoms with E-state index in [1.165, 1.54) is 0 Å². The SMILES string of the molecule is CC(O)CCO.OCCC(O)C(C(O)CCO)C(O)CCO.OCCC(O)CC(O)CCO. The third kappa shape index (κ3) is 24.4. The Balaban J connectivity index is -0.000000457. The lowest BCUT2D eigenvalue weighted by Gasteiger charge is -2.31. The molecule has 12 nitrogen and oxygen atoms in total. The van der Waals surface area contributed by atoms with E-state index in [4.69, 9.17) is 46.0 Å². The van der Waals surface area contributed by atoms with Crippen LogP contribution in [0.3, 0.4) is 0 Å². The Morgan fingerprint density at radius 3 is 0.879 bits per heavy atom. The van der Waals surface area contributed by atoms with Crippen LogP contribution < -0.4 is 0 Å². The van der Waals surface area contributed by atoms with E-state index < -0.39 is 36.4 Å². The maximum absolute atomic E-state index is 9.66. The average Bonchev–Trinajstić information content (AvgIpc) is 2.70. The van der Waals surface area contributed by atoms with Gasteiger partial charge in [-0.15, -0.1) is 0 Å². The van der Waals surface area contributed by atoms with Gasteiger partial charge in [-0.05, 0) is 51.9 Å². The van der Waals surface area contributed by atoms with Crippen LogP contribution in [0.1, 0.15) is 51.9 Å². The molecule has 12 heteroatoms. The topological polar surface area (TPSA) is 243 Å². The highest BCUT2D eigenvalue weighted by Crippen LogP contribution is 2.21. The highest BCUT2D eigenvalue weighted by atomic mass is 16.3. The number of hydrogen-bond acceptors (Lipinski definition) is 12. The first-order chi connectivity index (χ1) is 15.6. The van der Waals surface area contributed by atoms with Gasteiger partial charge in [0.25, 0.3) is 0 Å². The highest BCUT2D eigenvalue weighted by molar-refractivity contribution is 4.82.